The SMILES string of the molecule is CCC(=O)N1c2ccccc2[C@H](Nc2ccc(C(=O)N3CC(NCc4ccc(OC(N)=O)cc4)C3)cc2)C[C@@H]1C. The number of rotatable bonds is 8. The summed E-state index contributed by atoms with van der Waals surface area (Å²) in [6.45, 7) is 5.92. The molecule has 3 aromatic rings. The van der Waals surface area contributed by atoms with Crippen molar-refractivity contribution < 1.29 is 19.1 Å². The largest absolute Gasteiger partial charge is 0.411 e. The number of para-hydroxylation sites is 1. The first-order valence-corrected chi connectivity index (χ1v) is 13.7. The number of hydrogen-bond acceptors (Lipinski definition) is 6. The zero-order chi connectivity index (χ0) is 28.2. The summed E-state index contributed by atoms with van der Waals surface area (Å²) in [5, 5.41) is 7.07. The number of hydrogen-bond donors (Lipinski definition) is 3. The van der Waals surface area contributed by atoms with Crippen molar-refractivity contribution in [3.8, 4) is 5.75 Å². The Morgan fingerprint density at radius 2 is 1.68 bits per heavy atom. The zero-order valence-electron chi connectivity index (χ0n) is 22.8. The van der Waals surface area contributed by atoms with Crippen molar-refractivity contribution in [2.75, 3.05) is 23.3 Å². The average Bonchev–Trinajstić information content (AvgIpc) is 2.93. The van der Waals surface area contributed by atoms with Gasteiger partial charge in [-0.1, -0.05) is 37.3 Å². The Labute approximate surface area is 234 Å². The van der Waals surface area contributed by atoms with Crippen molar-refractivity contribution in [1.29, 1.82) is 0 Å². The fraction of sp³-hybridized carbons (Fsp3) is 0.323. The number of ether oxygens (including phenoxy) is 1. The smallest absolute Gasteiger partial charge is 0.409 e. The molecule has 2 heterocycles. The van der Waals surface area contributed by atoms with Crippen LogP contribution in [-0.4, -0.2) is 48.0 Å². The fourth-order valence-electron chi connectivity index (χ4n) is 5.42. The molecule has 40 heavy (non-hydrogen) atoms. The van der Waals surface area contributed by atoms with E-state index in [0.717, 1.165) is 28.9 Å². The minimum atomic E-state index is -0.835. The Morgan fingerprint density at radius 3 is 2.35 bits per heavy atom. The second kappa shape index (κ2) is 11.8. The molecule has 1 saturated heterocycles. The van der Waals surface area contributed by atoms with Crippen molar-refractivity contribution in [3.63, 3.8) is 0 Å². The van der Waals surface area contributed by atoms with Gasteiger partial charge >= 0.3 is 6.09 Å². The highest BCUT2D eigenvalue weighted by molar-refractivity contribution is 5.96. The highest BCUT2D eigenvalue weighted by Gasteiger charge is 2.33. The number of nitrogens with zero attached hydrogens (tertiary/aromatic N) is 2. The maximum Gasteiger partial charge on any atom is 0.409 e. The minimum absolute atomic E-state index is 0.0166. The van der Waals surface area contributed by atoms with E-state index in [4.69, 9.17) is 10.5 Å². The first kappa shape index (κ1) is 27.2. The lowest BCUT2D eigenvalue weighted by Crippen LogP contribution is -2.59. The van der Waals surface area contributed by atoms with Crippen LogP contribution in [0, 0.1) is 0 Å². The summed E-state index contributed by atoms with van der Waals surface area (Å²) in [5.74, 6) is 0.560. The van der Waals surface area contributed by atoms with Gasteiger partial charge in [0, 0.05) is 55.1 Å². The molecule has 2 aliphatic rings. The number of anilines is 2. The monoisotopic (exact) mass is 541 g/mol. The lowest BCUT2D eigenvalue weighted by Gasteiger charge is -2.40. The number of nitrogens with two attached hydrogens (primary N) is 1. The van der Waals surface area contributed by atoms with Crippen LogP contribution in [0.1, 0.15) is 54.2 Å². The number of fused-ring (bicyclic) bond motifs is 1. The lowest BCUT2D eigenvalue weighted by molar-refractivity contribution is -0.118. The highest BCUT2D eigenvalue weighted by Crippen LogP contribution is 2.39. The molecule has 0 aliphatic carbocycles. The van der Waals surface area contributed by atoms with Gasteiger partial charge in [-0.05, 0) is 66.9 Å². The van der Waals surface area contributed by atoms with Gasteiger partial charge < -0.3 is 30.9 Å². The quantitative estimate of drug-likeness (QED) is 0.388. The fourth-order valence-corrected chi connectivity index (χ4v) is 5.42. The maximum atomic E-state index is 13.0. The normalized spacial score (nSPS) is 18.4. The van der Waals surface area contributed by atoms with Gasteiger partial charge in [0.1, 0.15) is 5.75 Å². The van der Waals surface area contributed by atoms with Crippen LogP contribution >= 0.6 is 0 Å². The molecule has 0 bridgehead atoms. The Bertz CT molecular complexity index is 1370. The molecule has 208 valence electrons. The van der Waals surface area contributed by atoms with E-state index in [1.54, 1.807) is 12.1 Å². The van der Waals surface area contributed by atoms with Crippen molar-refractivity contribution in [2.24, 2.45) is 5.73 Å². The number of carbonyl (C=O) groups is 3. The van der Waals surface area contributed by atoms with Gasteiger partial charge in [-0.25, -0.2) is 4.79 Å². The molecule has 0 radical (unpaired) electrons. The van der Waals surface area contributed by atoms with Crippen LogP contribution in [0.2, 0.25) is 0 Å². The van der Waals surface area contributed by atoms with Crippen LogP contribution in [-0.2, 0) is 11.3 Å². The van der Waals surface area contributed by atoms with Gasteiger partial charge in [-0.2, -0.15) is 0 Å². The third-order valence-corrected chi connectivity index (χ3v) is 7.54. The Hall–Kier alpha value is -4.37. The van der Waals surface area contributed by atoms with Gasteiger partial charge in [0.2, 0.25) is 5.91 Å². The molecule has 0 aromatic heterocycles. The van der Waals surface area contributed by atoms with Crippen LogP contribution in [0.3, 0.4) is 0 Å². The second-order valence-electron chi connectivity index (χ2n) is 10.4. The van der Waals surface area contributed by atoms with Crippen molar-refractivity contribution in [3.05, 3.63) is 89.5 Å². The first-order chi connectivity index (χ1) is 19.3. The summed E-state index contributed by atoms with van der Waals surface area (Å²) >= 11 is 0. The maximum absolute atomic E-state index is 13.0. The molecule has 9 heteroatoms. The third kappa shape index (κ3) is 5.94. The molecule has 2 atom stereocenters. The molecule has 3 aromatic carbocycles. The van der Waals surface area contributed by atoms with Crippen molar-refractivity contribution in [2.45, 2.75) is 51.4 Å². The number of nitrogens with one attached hydrogen (secondary N) is 2. The van der Waals surface area contributed by atoms with Crippen molar-refractivity contribution >= 4 is 29.3 Å². The van der Waals surface area contributed by atoms with E-state index in [9.17, 15) is 14.4 Å². The molecule has 0 unspecified atom stereocenters. The summed E-state index contributed by atoms with van der Waals surface area (Å²) in [7, 11) is 0. The summed E-state index contributed by atoms with van der Waals surface area (Å²) in [6, 6.07) is 23.2. The number of benzene rings is 3. The summed E-state index contributed by atoms with van der Waals surface area (Å²) in [6.07, 6.45) is 0.443. The second-order valence-corrected chi connectivity index (χ2v) is 10.4. The van der Waals surface area contributed by atoms with E-state index in [1.807, 2.05) is 71.3 Å². The molecule has 1 fully saturated rings. The van der Waals surface area contributed by atoms with E-state index in [2.05, 4.69) is 23.6 Å². The molecule has 3 amide bonds. The van der Waals surface area contributed by atoms with Gasteiger partial charge in [-0.15, -0.1) is 0 Å². The number of likely N-dealkylation sites (tertiary alicyclic amines) is 1. The van der Waals surface area contributed by atoms with E-state index >= 15 is 0 Å². The van der Waals surface area contributed by atoms with E-state index in [-0.39, 0.29) is 29.9 Å². The number of amides is 3. The molecule has 2 aliphatic heterocycles. The highest BCUT2D eigenvalue weighted by atomic mass is 16.5. The van der Waals surface area contributed by atoms with E-state index < -0.39 is 6.09 Å². The minimum Gasteiger partial charge on any atom is -0.411 e. The summed E-state index contributed by atoms with van der Waals surface area (Å²) < 4.78 is 4.85. The predicted octanol–water partition coefficient (Wildman–Crippen LogP) is 4.45. The molecule has 0 spiro atoms. The van der Waals surface area contributed by atoms with Crippen LogP contribution in [0.25, 0.3) is 0 Å². The third-order valence-electron chi connectivity index (χ3n) is 7.54. The molecular formula is C31H35N5O4. The Morgan fingerprint density at radius 1 is 0.975 bits per heavy atom. The van der Waals surface area contributed by atoms with Crippen LogP contribution in [0.5, 0.6) is 5.75 Å². The molecule has 4 N–H and O–H groups in total. The molecule has 0 saturated carbocycles. The van der Waals surface area contributed by atoms with Crippen molar-refractivity contribution in [1.82, 2.24) is 10.2 Å². The standard InChI is InChI=1S/C31H35N5O4/c1-3-29(37)36-20(2)16-27(26-6-4-5-7-28(26)36)34-23-12-10-22(11-13-23)30(38)35-18-24(19-35)33-17-21-8-14-25(15-9-21)40-31(32)39/h4-15,20,24,27,33-34H,3,16-19H2,1-2H3,(H2,32,39)/t20-,27+/m0/s1. The van der Waals surface area contributed by atoms with Crippen LogP contribution in [0.4, 0.5) is 16.2 Å². The predicted molar refractivity (Wildman–Crippen MR) is 154 cm³/mol. The van der Waals surface area contributed by atoms with Gasteiger partial charge in [0.15, 0.2) is 0 Å². The molecular weight excluding hydrogens is 506 g/mol. The number of carbonyl (C=O) groups excluding carboxylic acids is 3. The summed E-state index contributed by atoms with van der Waals surface area (Å²) in [4.78, 5) is 40.2. The van der Waals surface area contributed by atoms with E-state index in [1.165, 1.54) is 0 Å². The first-order valence-electron chi connectivity index (χ1n) is 13.7. The summed E-state index contributed by atoms with van der Waals surface area (Å²) in [5.41, 5.74) is 9.74. The average molecular weight is 542 g/mol. The van der Waals surface area contributed by atoms with Gasteiger partial charge in [0.05, 0.1) is 6.04 Å². The Kier molecular flexibility index (Phi) is 8.02. The molecule has 9 nitrogen and oxygen atoms in total. The van der Waals surface area contributed by atoms with Crippen LogP contribution in [0.15, 0.2) is 72.8 Å². The Balaban J connectivity index is 1.13. The topological polar surface area (TPSA) is 117 Å². The lowest BCUT2D eigenvalue weighted by atomic mass is 9.91. The zero-order valence-corrected chi connectivity index (χ0v) is 22.8. The van der Waals surface area contributed by atoms with Crippen LogP contribution < -0.4 is 26.0 Å². The van der Waals surface area contributed by atoms with Gasteiger partial charge in [-0.3, -0.25) is 9.59 Å². The van der Waals surface area contributed by atoms with E-state index in [0.29, 0.717) is 37.4 Å². The number of primary amides is 1. The van der Waals surface area contributed by atoms with Gasteiger partial charge in [0.25, 0.3) is 5.91 Å². The molecule has 5 rings (SSSR count).